The Hall–Kier alpha value is -1.44. The molecule has 3 heteroatoms. The molecule has 0 aliphatic heterocycles. The zero-order chi connectivity index (χ0) is 14.3. The molecular weight excluding hydrogens is 291 g/mol. The Labute approximate surface area is 128 Å². The summed E-state index contributed by atoms with van der Waals surface area (Å²) in [4.78, 5) is 0. The summed E-state index contributed by atoms with van der Waals surface area (Å²) in [5.74, 6) is 0.995. The summed E-state index contributed by atoms with van der Waals surface area (Å²) in [5, 5.41) is 2.12. The van der Waals surface area contributed by atoms with Crippen molar-refractivity contribution in [3.05, 3.63) is 58.1 Å². The molecule has 0 aliphatic carbocycles. The summed E-state index contributed by atoms with van der Waals surface area (Å²) in [6.07, 6.45) is 0. The molecule has 1 nitrogen and oxygen atoms in total. The number of rotatable bonds is 2. The Morgan fingerprint density at radius 1 is 1.10 bits per heavy atom. The molecule has 0 bridgehead atoms. The van der Waals surface area contributed by atoms with Crippen molar-refractivity contribution in [3.8, 4) is 11.3 Å². The van der Waals surface area contributed by atoms with E-state index in [9.17, 15) is 0 Å². The lowest BCUT2D eigenvalue weighted by atomic mass is 10.0. The average Bonchev–Trinajstić information content (AvgIpc) is 2.84. The van der Waals surface area contributed by atoms with Gasteiger partial charge in [-0.25, -0.2) is 0 Å². The SMILES string of the molecule is CC(C)c1[c]cc(-c2cc3ccccc3o2)c(Cl)c1Cl. The first-order chi connectivity index (χ1) is 9.58. The molecule has 0 spiro atoms. The second kappa shape index (κ2) is 5.16. The highest BCUT2D eigenvalue weighted by Crippen LogP contribution is 2.39. The minimum Gasteiger partial charge on any atom is -0.456 e. The third-order valence-electron chi connectivity index (χ3n) is 3.31. The van der Waals surface area contributed by atoms with E-state index in [2.05, 4.69) is 19.9 Å². The number of halogens is 2. The minimum atomic E-state index is 0.282. The van der Waals surface area contributed by atoms with Crippen molar-refractivity contribution < 1.29 is 4.42 Å². The maximum Gasteiger partial charge on any atom is 0.136 e. The van der Waals surface area contributed by atoms with E-state index < -0.39 is 0 Å². The van der Waals surface area contributed by atoms with Gasteiger partial charge < -0.3 is 4.42 Å². The molecule has 0 amide bonds. The van der Waals surface area contributed by atoms with E-state index in [-0.39, 0.29) is 5.92 Å². The molecule has 0 N–H and O–H groups in total. The summed E-state index contributed by atoms with van der Waals surface area (Å²) in [6, 6.07) is 14.9. The smallest absolute Gasteiger partial charge is 0.136 e. The zero-order valence-electron chi connectivity index (χ0n) is 11.2. The van der Waals surface area contributed by atoms with Crippen molar-refractivity contribution >= 4 is 34.2 Å². The van der Waals surface area contributed by atoms with Crippen LogP contribution in [-0.4, -0.2) is 0 Å². The first-order valence-electron chi connectivity index (χ1n) is 6.46. The van der Waals surface area contributed by atoms with E-state index in [1.165, 1.54) is 0 Å². The standard InChI is InChI=1S/C17H13Cl2O/c1-10(2)12-7-8-13(17(19)16(12)18)15-9-11-5-3-4-6-14(11)20-15/h3-6,8-10H,1-2H3. The quantitative estimate of drug-likeness (QED) is 0.539. The van der Waals surface area contributed by atoms with Crippen LogP contribution in [0.3, 0.4) is 0 Å². The summed E-state index contributed by atoms with van der Waals surface area (Å²) in [7, 11) is 0. The maximum absolute atomic E-state index is 6.39. The van der Waals surface area contributed by atoms with E-state index in [4.69, 9.17) is 27.6 Å². The highest BCUT2D eigenvalue weighted by molar-refractivity contribution is 6.44. The molecule has 1 aromatic heterocycles. The van der Waals surface area contributed by atoms with E-state index in [0.29, 0.717) is 15.8 Å². The Bertz CT molecular complexity index is 739. The van der Waals surface area contributed by atoms with E-state index in [1.807, 2.05) is 36.4 Å². The molecule has 3 aromatic rings. The maximum atomic E-state index is 6.39. The van der Waals surface area contributed by atoms with E-state index in [1.54, 1.807) is 0 Å². The third kappa shape index (κ3) is 2.21. The molecule has 0 aliphatic rings. The number of benzene rings is 2. The van der Waals surface area contributed by atoms with Gasteiger partial charge in [-0.1, -0.05) is 55.2 Å². The largest absolute Gasteiger partial charge is 0.456 e. The fraction of sp³-hybridized carbons (Fsp3) is 0.176. The van der Waals surface area contributed by atoms with Gasteiger partial charge >= 0.3 is 0 Å². The first-order valence-corrected chi connectivity index (χ1v) is 7.22. The van der Waals surface area contributed by atoms with Crippen LogP contribution in [0, 0.1) is 6.07 Å². The molecular formula is C17H13Cl2O. The lowest BCUT2D eigenvalue weighted by Crippen LogP contribution is -1.91. The van der Waals surface area contributed by atoms with Crippen molar-refractivity contribution in [2.45, 2.75) is 19.8 Å². The normalized spacial score (nSPS) is 11.4. The highest BCUT2D eigenvalue weighted by Gasteiger charge is 2.16. The van der Waals surface area contributed by atoms with Gasteiger partial charge in [0.1, 0.15) is 11.3 Å². The van der Waals surface area contributed by atoms with Crippen LogP contribution in [0.1, 0.15) is 25.3 Å². The molecule has 0 unspecified atom stereocenters. The van der Waals surface area contributed by atoms with Crippen LogP contribution < -0.4 is 0 Å². The predicted molar refractivity (Wildman–Crippen MR) is 84.6 cm³/mol. The molecule has 3 rings (SSSR count). The van der Waals surface area contributed by atoms with Gasteiger partial charge in [-0.3, -0.25) is 0 Å². The van der Waals surface area contributed by atoms with Crippen molar-refractivity contribution in [3.63, 3.8) is 0 Å². The van der Waals surface area contributed by atoms with Gasteiger partial charge in [-0.2, -0.15) is 0 Å². The Balaban J connectivity index is 2.17. The monoisotopic (exact) mass is 303 g/mol. The van der Waals surface area contributed by atoms with Crippen molar-refractivity contribution in [1.82, 2.24) is 0 Å². The van der Waals surface area contributed by atoms with Gasteiger partial charge in [-0.05, 0) is 35.7 Å². The summed E-state index contributed by atoms with van der Waals surface area (Å²) >= 11 is 12.7. The number of hydrogen-bond acceptors (Lipinski definition) is 1. The van der Waals surface area contributed by atoms with Gasteiger partial charge in [0.05, 0.1) is 10.0 Å². The van der Waals surface area contributed by atoms with Crippen LogP contribution in [0.2, 0.25) is 10.0 Å². The molecule has 0 saturated carbocycles. The van der Waals surface area contributed by atoms with Crippen molar-refractivity contribution in [1.29, 1.82) is 0 Å². The predicted octanol–water partition coefficient (Wildman–Crippen LogP) is 6.33. The molecule has 0 atom stereocenters. The van der Waals surface area contributed by atoms with Crippen LogP contribution >= 0.6 is 23.2 Å². The molecule has 20 heavy (non-hydrogen) atoms. The van der Waals surface area contributed by atoms with Gasteiger partial charge in [0.25, 0.3) is 0 Å². The molecule has 0 fully saturated rings. The zero-order valence-corrected chi connectivity index (χ0v) is 12.7. The van der Waals surface area contributed by atoms with E-state index in [0.717, 1.165) is 22.1 Å². The number of para-hydroxylation sites is 1. The second-order valence-electron chi connectivity index (χ2n) is 5.05. The van der Waals surface area contributed by atoms with Gasteiger partial charge in [0.2, 0.25) is 0 Å². The summed E-state index contributed by atoms with van der Waals surface area (Å²) < 4.78 is 5.83. The van der Waals surface area contributed by atoms with Gasteiger partial charge in [0.15, 0.2) is 0 Å². The van der Waals surface area contributed by atoms with E-state index >= 15 is 0 Å². The van der Waals surface area contributed by atoms with Crippen molar-refractivity contribution in [2.24, 2.45) is 0 Å². The summed E-state index contributed by atoms with van der Waals surface area (Å²) in [5.41, 5.74) is 2.54. The van der Waals surface area contributed by atoms with Gasteiger partial charge in [-0.15, -0.1) is 0 Å². The van der Waals surface area contributed by atoms with Gasteiger partial charge in [0, 0.05) is 10.9 Å². The molecule has 0 saturated heterocycles. The van der Waals surface area contributed by atoms with Crippen LogP contribution in [0.15, 0.2) is 40.8 Å². The fourth-order valence-corrected chi connectivity index (χ4v) is 2.85. The number of hydrogen-bond donors (Lipinski definition) is 0. The van der Waals surface area contributed by atoms with Crippen LogP contribution in [0.4, 0.5) is 0 Å². The Morgan fingerprint density at radius 3 is 2.55 bits per heavy atom. The molecule has 101 valence electrons. The lowest BCUT2D eigenvalue weighted by Gasteiger charge is -2.11. The third-order valence-corrected chi connectivity index (χ3v) is 4.19. The van der Waals surface area contributed by atoms with Crippen LogP contribution in [-0.2, 0) is 0 Å². The molecule has 2 aromatic carbocycles. The summed E-state index contributed by atoms with van der Waals surface area (Å²) in [6.45, 7) is 4.13. The Morgan fingerprint density at radius 2 is 1.85 bits per heavy atom. The Kier molecular flexibility index (Phi) is 3.49. The number of furan rings is 1. The van der Waals surface area contributed by atoms with Crippen LogP contribution in [0.25, 0.3) is 22.3 Å². The molecule has 1 heterocycles. The topological polar surface area (TPSA) is 13.1 Å². The van der Waals surface area contributed by atoms with Crippen molar-refractivity contribution in [2.75, 3.05) is 0 Å². The fourth-order valence-electron chi connectivity index (χ4n) is 2.23. The average molecular weight is 304 g/mol. The molecule has 1 radical (unpaired) electrons. The first kappa shape index (κ1) is 13.5. The number of fused-ring (bicyclic) bond motifs is 1. The highest BCUT2D eigenvalue weighted by atomic mass is 35.5. The lowest BCUT2D eigenvalue weighted by molar-refractivity contribution is 0.631. The second-order valence-corrected chi connectivity index (χ2v) is 5.80. The minimum absolute atomic E-state index is 0.282. The van der Waals surface area contributed by atoms with Crippen LogP contribution in [0.5, 0.6) is 0 Å².